The normalized spacial score (nSPS) is 11.5. The third-order valence-electron chi connectivity index (χ3n) is 1.81. The first kappa shape index (κ1) is 11.7. The van der Waals surface area contributed by atoms with Crippen LogP contribution in [0.25, 0.3) is 0 Å². The standard InChI is InChI=1S/C8H9F2NO3S/c1-11(15(2,13)14)8-6(9)3-5(12)4-7(8)10/h3-4,12H,1-2H3. The Labute approximate surface area is 85.8 Å². The zero-order chi connectivity index (χ0) is 11.8. The van der Waals surface area contributed by atoms with Crippen molar-refractivity contribution in [2.75, 3.05) is 17.6 Å². The first-order chi connectivity index (χ1) is 6.73. The van der Waals surface area contributed by atoms with E-state index in [0.717, 1.165) is 13.3 Å². The van der Waals surface area contributed by atoms with Crippen LogP contribution >= 0.6 is 0 Å². The maximum Gasteiger partial charge on any atom is 0.232 e. The Morgan fingerprint density at radius 2 is 1.67 bits per heavy atom. The highest BCUT2D eigenvalue weighted by molar-refractivity contribution is 7.92. The second-order valence-corrected chi connectivity index (χ2v) is 5.00. The lowest BCUT2D eigenvalue weighted by atomic mass is 10.3. The van der Waals surface area contributed by atoms with Crippen LogP contribution in [-0.4, -0.2) is 26.8 Å². The predicted octanol–water partition coefficient (Wildman–Crippen LogP) is 1.07. The summed E-state index contributed by atoms with van der Waals surface area (Å²) in [5.74, 6) is -2.88. The van der Waals surface area contributed by atoms with E-state index in [1.807, 2.05) is 0 Å². The molecule has 15 heavy (non-hydrogen) atoms. The van der Waals surface area contributed by atoms with Gasteiger partial charge in [0.1, 0.15) is 11.4 Å². The number of sulfonamides is 1. The number of benzene rings is 1. The van der Waals surface area contributed by atoms with Gasteiger partial charge in [0.2, 0.25) is 10.0 Å². The van der Waals surface area contributed by atoms with Crippen molar-refractivity contribution in [1.29, 1.82) is 0 Å². The lowest BCUT2D eigenvalue weighted by molar-refractivity contribution is 0.461. The molecule has 1 aromatic carbocycles. The van der Waals surface area contributed by atoms with Crippen LogP contribution < -0.4 is 4.31 Å². The Balaban J connectivity index is 3.39. The van der Waals surface area contributed by atoms with Gasteiger partial charge in [-0.05, 0) is 0 Å². The van der Waals surface area contributed by atoms with Gasteiger partial charge < -0.3 is 5.11 Å². The molecule has 0 unspecified atom stereocenters. The van der Waals surface area contributed by atoms with Gasteiger partial charge in [-0.25, -0.2) is 17.2 Å². The third-order valence-corrected chi connectivity index (χ3v) is 2.99. The lowest BCUT2D eigenvalue weighted by Crippen LogP contribution is -2.26. The van der Waals surface area contributed by atoms with E-state index in [4.69, 9.17) is 5.11 Å². The number of nitrogens with zero attached hydrogens (tertiary/aromatic N) is 1. The molecule has 0 radical (unpaired) electrons. The molecule has 7 heteroatoms. The van der Waals surface area contributed by atoms with Crippen molar-refractivity contribution in [2.24, 2.45) is 0 Å². The van der Waals surface area contributed by atoms with Crippen molar-refractivity contribution >= 4 is 15.7 Å². The van der Waals surface area contributed by atoms with E-state index in [1.165, 1.54) is 0 Å². The van der Waals surface area contributed by atoms with Crippen LogP contribution in [-0.2, 0) is 10.0 Å². The van der Waals surface area contributed by atoms with Gasteiger partial charge in [-0.3, -0.25) is 4.31 Å². The molecule has 1 aromatic rings. The molecule has 0 amide bonds. The van der Waals surface area contributed by atoms with Crippen molar-refractivity contribution in [3.63, 3.8) is 0 Å². The molecule has 0 aliphatic rings. The summed E-state index contributed by atoms with van der Waals surface area (Å²) in [6.45, 7) is 0. The minimum absolute atomic E-state index is 0.469. The Morgan fingerprint density at radius 3 is 2.00 bits per heavy atom. The summed E-state index contributed by atoms with van der Waals surface area (Å²) < 4.78 is 48.9. The molecule has 0 aliphatic heterocycles. The third kappa shape index (κ3) is 2.35. The molecule has 0 fully saturated rings. The highest BCUT2D eigenvalue weighted by Crippen LogP contribution is 2.27. The van der Waals surface area contributed by atoms with Gasteiger partial charge >= 0.3 is 0 Å². The van der Waals surface area contributed by atoms with E-state index < -0.39 is 33.1 Å². The van der Waals surface area contributed by atoms with Crippen LogP contribution in [0.4, 0.5) is 14.5 Å². The Hall–Kier alpha value is -1.37. The van der Waals surface area contributed by atoms with Gasteiger partial charge in [0.25, 0.3) is 0 Å². The summed E-state index contributed by atoms with van der Waals surface area (Å²) in [6, 6.07) is 1.28. The smallest absolute Gasteiger partial charge is 0.232 e. The number of phenolic OH excluding ortho intramolecular Hbond substituents is 1. The summed E-state index contributed by atoms with van der Waals surface area (Å²) >= 11 is 0. The number of hydrogen-bond donors (Lipinski definition) is 1. The first-order valence-corrected chi connectivity index (χ1v) is 5.70. The fourth-order valence-electron chi connectivity index (χ4n) is 1.02. The summed E-state index contributed by atoms with van der Waals surface area (Å²) in [5, 5.41) is 8.85. The molecule has 0 aliphatic carbocycles. The second kappa shape index (κ2) is 3.65. The van der Waals surface area contributed by atoms with E-state index >= 15 is 0 Å². The van der Waals surface area contributed by atoms with Crippen molar-refractivity contribution < 1.29 is 22.3 Å². The molecule has 0 saturated carbocycles. The maximum atomic E-state index is 13.2. The Morgan fingerprint density at radius 1 is 1.27 bits per heavy atom. The van der Waals surface area contributed by atoms with Gasteiger partial charge in [0.15, 0.2) is 11.6 Å². The summed E-state index contributed by atoms with van der Waals surface area (Å²) in [5.41, 5.74) is -0.713. The monoisotopic (exact) mass is 237 g/mol. The van der Waals surface area contributed by atoms with Crippen LogP contribution in [0.2, 0.25) is 0 Å². The SMILES string of the molecule is CN(c1c(F)cc(O)cc1F)S(C)(=O)=O. The van der Waals surface area contributed by atoms with Gasteiger partial charge in [-0.15, -0.1) is 0 Å². The number of rotatable bonds is 2. The average Bonchev–Trinajstić information content (AvgIpc) is 1.99. The highest BCUT2D eigenvalue weighted by atomic mass is 32.2. The van der Waals surface area contributed by atoms with Crippen LogP contribution in [0.5, 0.6) is 5.75 Å². The molecule has 0 heterocycles. The van der Waals surface area contributed by atoms with E-state index in [2.05, 4.69) is 0 Å². The van der Waals surface area contributed by atoms with Crippen molar-refractivity contribution in [3.05, 3.63) is 23.8 Å². The van der Waals surface area contributed by atoms with E-state index in [-0.39, 0.29) is 0 Å². The van der Waals surface area contributed by atoms with Crippen molar-refractivity contribution in [1.82, 2.24) is 0 Å². The molecule has 0 saturated heterocycles. The number of anilines is 1. The summed E-state index contributed by atoms with van der Waals surface area (Å²) in [6.07, 6.45) is 0.818. The van der Waals surface area contributed by atoms with E-state index in [1.54, 1.807) is 0 Å². The van der Waals surface area contributed by atoms with E-state index in [0.29, 0.717) is 16.4 Å². The Kier molecular flexibility index (Phi) is 2.85. The van der Waals surface area contributed by atoms with Crippen LogP contribution in [0, 0.1) is 11.6 Å². The van der Waals surface area contributed by atoms with Crippen molar-refractivity contribution in [2.45, 2.75) is 0 Å². The van der Waals surface area contributed by atoms with Crippen LogP contribution in [0.15, 0.2) is 12.1 Å². The fourth-order valence-corrected chi connectivity index (χ4v) is 1.52. The van der Waals surface area contributed by atoms with Gasteiger partial charge in [-0.1, -0.05) is 0 Å². The lowest BCUT2D eigenvalue weighted by Gasteiger charge is -2.17. The molecule has 0 spiro atoms. The molecule has 1 N–H and O–H groups in total. The number of halogens is 2. The van der Waals surface area contributed by atoms with Crippen LogP contribution in [0.1, 0.15) is 0 Å². The minimum atomic E-state index is -3.74. The number of hydrogen-bond acceptors (Lipinski definition) is 3. The van der Waals surface area contributed by atoms with Crippen molar-refractivity contribution in [3.8, 4) is 5.75 Å². The summed E-state index contributed by atoms with van der Waals surface area (Å²) in [7, 11) is -2.72. The molecular formula is C8H9F2NO3S. The second-order valence-electron chi connectivity index (χ2n) is 2.99. The predicted molar refractivity (Wildman–Crippen MR) is 51.3 cm³/mol. The maximum absolute atomic E-state index is 13.2. The molecule has 1 rings (SSSR count). The van der Waals surface area contributed by atoms with Gasteiger partial charge in [-0.2, -0.15) is 0 Å². The Bertz CT molecular complexity index is 464. The quantitative estimate of drug-likeness (QED) is 0.836. The molecular weight excluding hydrogens is 228 g/mol. The molecule has 4 nitrogen and oxygen atoms in total. The average molecular weight is 237 g/mol. The minimum Gasteiger partial charge on any atom is -0.508 e. The number of aromatic hydroxyl groups is 1. The number of phenols is 1. The molecule has 0 atom stereocenters. The fraction of sp³-hybridized carbons (Fsp3) is 0.250. The van der Waals surface area contributed by atoms with E-state index in [9.17, 15) is 17.2 Å². The van der Waals surface area contributed by atoms with Gasteiger partial charge in [0.05, 0.1) is 6.26 Å². The topological polar surface area (TPSA) is 57.6 Å². The molecule has 84 valence electrons. The van der Waals surface area contributed by atoms with Crippen LogP contribution in [0.3, 0.4) is 0 Å². The zero-order valence-corrected chi connectivity index (χ0v) is 8.85. The zero-order valence-electron chi connectivity index (χ0n) is 8.03. The molecule has 0 bridgehead atoms. The first-order valence-electron chi connectivity index (χ1n) is 3.85. The largest absolute Gasteiger partial charge is 0.508 e. The molecule has 0 aromatic heterocycles. The highest BCUT2D eigenvalue weighted by Gasteiger charge is 2.21. The van der Waals surface area contributed by atoms with Gasteiger partial charge in [0, 0.05) is 19.2 Å². The summed E-state index contributed by atoms with van der Waals surface area (Å²) in [4.78, 5) is 0.